The van der Waals surface area contributed by atoms with Crippen molar-refractivity contribution in [1.82, 2.24) is 35.1 Å². The molecule has 4 amide bonds. The topological polar surface area (TPSA) is 172 Å². The normalized spacial score (nSPS) is 20.6. The molecule has 3 aliphatic rings. The number of pyridine rings is 1. The van der Waals surface area contributed by atoms with E-state index in [1.807, 2.05) is 51.1 Å². The lowest BCUT2D eigenvalue weighted by Crippen LogP contribution is -2.62. The van der Waals surface area contributed by atoms with E-state index in [2.05, 4.69) is 72.2 Å². The molecule has 0 radical (unpaired) electrons. The van der Waals surface area contributed by atoms with Crippen LogP contribution in [0.1, 0.15) is 83.7 Å². The number of carbonyl (C=O) groups is 6. The fourth-order valence-corrected chi connectivity index (χ4v) is 9.91. The zero-order valence-electron chi connectivity index (χ0n) is 39.9. The number of aryl methyl sites for hydroxylation is 1. The molecule has 354 valence electrons. The molecular formula is C52H63N7O8. The van der Waals surface area contributed by atoms with Gasteiger partial charge in [-0.05, 0) is 97.9 Å². The minimum atomic E-state index is -1.08. The Balaban J connectivity index is 1.27. The molecule has 2 saturated heterocycles. The lowest BCUT2D eigenvalue weighted by atomic mass is 9.84. The van der Waals surface area contributed by atoms with Crippen LogP contribution in [0, 0.1) is 29.1 Å². The number of rotatable bonds is 9. The molecule has 0 saturated carbocycles. The number of nitrogens with zero attached hydrogens (tertiary/aromatic N) is 5. The van der Waals surface area contributed by atoms with Gasteiger partial charge < -0.3 is 29.2 Å². The number of fused-ring (bicyclic) bond motifs is 6. The van der Waals surface area contributed by atoms with Crippen LogP contribution in [-0.2, 0) is 57.6 Å². The van der Waals surface area contributed by atoms with Crippen molar-refractivity contribution >= 4 is 46.8 Å². The van der Waals surface area contributed by atoms with Gasteiger partial charge in [-0.25, -0.2) is 5.43 Å². The van der Waals surface area contributed by atoms with Gasteiger partial charge in [0, 0.05) is 80.8 Å². The molecule has 6 bridgehead atoms. The number of hydrogen-bond acceptors (Lipinski definition) is 10. The van der Waals surface area contributed by atoms with Crippen molar-refractivity contribution in [2.24, 2.45) is 17.3 Å². The van der Waals surface area contributed by atoms with E-state index in [9.17, 15) is 28.8 Å². The van der Waals surface area contributed by atoms with Gasteiger partial charge in [-0.2, -0.15) is 0 Å². The number of hydrazine groups is 1. The number of likely N-dealkylation sites (tertiary alicyclic amines) is 1. The molecule has 2 aromatic heterocycles. The van der Waals surface area contributed by atoms with Gasteiger partial charge in [-0.15, -0.1) is 0 Å². The lowest BCUT2D eigenvalue weighted by Gasteiger charge is -2.37. The first-order valence-electron chi connectivity index (χ1n) is 23.3. The fraction of sp³-hybridized carbons (Fsp3) is 0.481. The van der Waals surface area contributed by atoms with Crippen LogP contribution in [-0.4, -0.2) is 119 Å². The zero-order valence-corrected chi connectivity index (χ0v) is 39.9. The molecule has 15 nitrogen and oxygen atoms in total. The van der Waals surface area contributed by atoms with E-state index in [0.717, 1.165) is 50.1 Å². The molecule has 67 heavy (non-hydrogen) atoms. The fourth-order valence-electron chi connectivity index (χ4n) is 9.91. The highest BCUT2D eigenvalue weighted by molar-refractivity contribution is 5.98. The van der Waals surface area contributed by atoms with Crippen molar-refractivity contribution in [3.63, 3.8) is 0 Å². The van der Waals surface area contributed by atoms with Gasteiger partial charge in [0.15, 0.2) is 6.29 Å². The highest BCUT2D eigenvalue weighted by atomic mass is 16.5. The van der Waals surface area contributed by atoms with Crippen molar-refractivity contribution in [3.05, 3.63) is 77.6 Å². The predicted octanol–water partition coefficient (Wildman–Crippen LogP) is 5.28. The number of methoxy groups -OCH3 is 1. The van der Waals surface area contributed by atoms with Gasteiger partial charge in [0.05, 0.1) is 30.0 Å². The largest absolute Gasteiger partial charge is 0.464 e. The van der Waals surface area contributed by atoms with E-state index >= 15 is 0 Å². The molecule has 0 spiro atoms. The summed E-state index contributed by atoms with van der Waals surface area (Å²) >= 11 is 0. The molecule has 5 heterocycles. The quantitative estimate of drug-likeness (QED) is 0.128. The summed E-state index contributed by atoms with van der Waals surface area (Å²) in [6, 6.07) is 15.6. The smallest absolute Gasteiger partial charge is 0.324 e. The second-order valence-corrected chi connectivity index (χ2v) is 19.1. The molecule has 2 N–H and O–H groups in total. The Labute approximate surface area is 392 Å². The number of ether oxygens (including phenoxy) is 2. The average Bonchev–Trinajstić information content (AvgIpc) is 3.94. The van der Waals surface area contributed by atoms with E-state index in [-0.39, 0.29) is 37.5 Å². The van der Waals surface area contributed by atoms with Gasteiger partial charge in [0.25, 0.3) is 11.8 Å². The van der Waals surface area contributed by atoms with Crippen molar-refractivity contribution in [2.75, 3.05) is 40.4 Å². The van der Waals surface area contributed by atoms with Crippen LogP contribution in [0.4, 0.5) is 0 Å². The molecule has 4 aromatic rings. The Hall–Kier alpha value is -6.37. The van der Waals surface area contributed by atoms with Gasteiger partial charge in [-0.3, -0.25) is 38.8 Å². The third-order valence-corrected chi connectivity index (χ3v) is 13.4. The Bertz CT molecular complexity index is 2610. The van der Waals surface area contributed by atoms with Crippen LogP contribution in [0.2, 0.25) is 0 Å². The van der Waals surface area contributed by atoms with E-state index in [1.54, 1.807) is 20.4 Å². The number of aromatic nitrogens is 2. The SMILES string of the molecule is CCn1c(-c2cccnc2C(C)OC)c2c3cc(ccc31)-c1cccc(c1)CC(NC(=O)C(C(C)C)N(C)C(=O)C1CCN(C(=O)C#CC=O)C1)C(=O)N1CCCC(N1)C(=O)OCC(C)(C)C2. The van der Waals surface area contributed by atoms with E-state index in [4.69, 9.17) is 14.5 Å². The highest BCUT2D eigenvalue weighted by Gasteiger charge is 2.40. The van der Waals surface area contributed by atoms with Gasteiger partial charge in [0.1, 0.15) is 18.1 Å². The number of amides is 4. The van der Waals surface area contributed by atoms with Crippen molar-refractivity contribution < 1.29 is 38.2 Å². The summed E-state index contributed by atoms with van der Waals surface area (Å²) < 4.78 is 14.3. The second kappa shape index (κ2) is 20.7. The highest BCUT2D eigenvalue weighted by Crippen LogP contribution is 2.42. The molecule has 5 unspecified atom stereocenters. The first-order valence-corrected chi connectivity index (χ1v) is 23.3. The number of aldehydes is 1. The third kappa shape index (κ3) is 10.5. The van der Waals surface area contributed by atoms with Crippen LogP contribution >= 0.6 is 0 Å². The number of cyclic esters (lactones) is 1. The zero-order chi connectivity index (χ0) is 48.2. The first-order chi connectivity index (χ1) is 32.0. The summed E-state index contributed by atoms with van der Waals surface area (Å²) in [5.41, 5.74) is 10.3. The molecule has 5 atom stereocenters. The molecular weight excluding hydrogens is 851 g/mol. The van der Waals surface area contributed by atoms with E-state index in [0.29, 0.717) is 51.6 Å². The molecule has 0 aliphatic carbocycles. The maximum Gasteiger partial charge on any atom is 0.324 e. The monoisotopic (exact) mass is 913 g/mol. The number of carbonyl (C=O) groups excluding carboxylic acids is 6. The second-order valence-electron chi connectivity index (χ2n) is 19.1. The first kappa shape index (κ1) is 48.6. The summed E-state index contributed by atoms with van der Waals surface area (Å²) in [5.74, 6) is 1.22. The number of nitrogens with one attached hydrogen (secondary N) is 2. The molecule has 15 heteroatoms. The summed E-state index contributed by atoms with van der Waals surface area (Å²) in [5, 5.41) is 5.52. The van der Waals surface area contributed by atoms with E-state index in [1.165, 1.54) is 14.8 Å². The Morgan fingerprint density at radius 1 is 1.06 bits per heavy atom. The van der Waals surface area contributed by atoms with Crippen molar-refractivity contribution in [1.29, 1.82) is 0 Å². The van der Waals surface area contributed by atoms with E-state index < -0.39 is 53.1 Å². The average molecular weight is 914 g/mol. The van der Waals surface area contributed by atoms with Crippen molar-refractivity contribution in [2.45, 2.75) is 104 Å². The Morgan fingerprint density at radius 3 is 2.57 bits per heavy atom. The summed E-state index contributed by atoms with van der Waals surface area (Å²) in [4.78, 5) is 87.9. The van der Waals surface area contributed by atoms with Crippen LogP contribution < -0.4 is 10.7 Å². The summed E-state index contributed by atoms with van der Waals surface area (Å²) in [6.07, 6.45) is 3.93. The van der Waals surface area contributed by atoms with Crippen molar-refractivity contribution in [3.8, 4) is 34.2 Å². The minimum absolute atomic E-state index is 0.111. The van der Waals surface area contributed by atoms with Crippen LogP contribution in [0.15, 0.2) is 60.8 Å². The van der Waals surface area contributed by atoms with Gasteiger partial charge in [0.2, 0.25) is 11.8 Å². The summed E-state index contributed by atoms with van der Waals surface area (Å²) in [7, 11) is 3.25. The third-order valence-electron chi connectivity index (χ3n) is 13.4. The summed E-state index contributed by atoms with van der Waals surface area (Å²) in [6.45, 7) is 13.5. The van der Waals surface area contributed by atoms with Crippen LogP contribution in [0.3, 0.4) is 0 Å². The standard InChI is InChI=1S/C52H63N7O8/c1-9-58-43-20-19-36-28-39(43)40(47(58)38-16-11-22-53-45(38)33(4)66-8)29-52(5,6)31-67-51(65)41-17-12-23-59(55-41)50(64)42(27-34-14-10-15-35(36)26-34)54-48(62)46(32(2)3)56(7)49(63)37-21-24-57(30-37)44(61)18-13-25-60/h10-11,14-16,19-20,22,25-26,28,32-33,37,41-42,46,55H,9,12,17,21,23-24,27,29-31H2,1-8H3,(H,54,62). The maximum absolute atomic E-state index is 14.7. The number of likely N-dealkylation sites (N-methyl/N-ethyl adjacent to an activating group) is 1. The number of esters is 1. The minimum Gasteiger partial charge on any atom is -0.464 e. The molecule has 7 rings (SSSR count). The Kier molecular flexibility index (Phi) is 15.0. The van der Waals surface area contributed by atoms with Crippen LogP contribution in [0.25, 0.3) is 33.3 Å². The number of hydrogen-bond donors (Lipinski definition) is 2. The van der Waals surface area contributed by atoms with Crippen LogP contribution in [0.5, 0.6) is 0 Å². The maximum atomic E-state index is 14.7. The van der Waals surface area contributed by atoms with Gasteiger partial charge in [-0.1, -0.05) is 58.0 Å². The molecule has 2 fully saturated rings. The lowest BCUT2D eigenvalue weighted by molar-refractivity contribution is -0.155. The predicted molar refractivity (Wildman–Crippen MR) is 254 cm³/mol. The van der Waals surface area contributed by atoms with Gasteiger partial charge >= 0.3 is 5.97 Å². The molecule has 2 aromatic carbocycles. The Morgan fingerprint density at radius 2 is 1.84 bits per heavy atom. The number of benzene rings is 2. The molecule has 3 aliphatic heterocycles.